The fourth-order valence-corrected chi connectivity index (χ4v) is 1.84. The number of rotatable bonds is 8. The summed E-state index contributed by atoms with van der Waals surface area (Å²) in [4.78, 5) is 0. The van der Waals surface area contributed by atoms with Crippen molar-refractivity contribution in [1.29, 1.82) is 0 Å². The van der Waals surface area contributed by atoms with Crippen molar-refractivity contribution in [2.45, 2.75) is 50.2 Å². The monoisotopic (exact) mass is 273 g/mol. The Bertz CT molecular complexity index is 235. The molecule has 0 aromatic carbocycles. The van der Waals surface area contributed by atoms with E-state index in [1.165, 1.54) is 0 Å². The lowest BCUT2D eigenvalue weighted by atomic mass is 10.3. The van der Waals surface area contributed by atoms with E-state index in [0.29, 0.717) is 0 Å². The Morgan fingerprint density at radius 1 is 1.28 bits per heavy atom. The second kappa shape index (κ2) is 7.25. The maximum atomic E-state index is 12.5. The summed E-state index contributed by atoms with van der Waals surface area (Å²) in [7, 11) is 0. The molecule has 1 aliphatic rings. The van der Waals surface area contributed by atoms with E-state index >= 15 is 0 Å². The van der Waals surface area contributed by atoms with Gasteiger partial charge < -0.3 is 15.2 Å². The lowest BCUT2D eigenvalue weighted by Crippen LogP contribution is -2.42. The molecule has 0 saturated heterocycles. The van der Waals surface area contributed by atoms with E-state index in [9.17, 15) is 22.7 Å². The zero-order valence-corrected chi connectivity index (χ0v) is 10.0. The van der Waals surface area contributed by atoms with Crippen molar-refractivity contribution in [1.82, 2.24) is 5.32 Å². The Morgan fingerprint density at radius 2 is 1.89 bits per heavy atom. The van der Waals surface area contributed by atoms with Crippen LogP contribution in [0.2, 0.25) is 0 Å². The highest BCUT2D eigenvalue weighted by Gasteiger charge is 2.40. The first kappa shape index (κ1) is 15.7. The Kier molecular flexibility index (Phi) is 6.31. The van der Waals surface area contributed by atoms with Gasteiger partial charge in [0.15, 0.2) is 0 Å². The molecule has 108 valence electrons. The molecule has 7 heteroatoms. The minimum absolute atomic E-state index is 0.0396. The minimum Gasteiger partial charge on any atom is -0.389 e. The summed E-state index contributed by atoms with van der Waals surface area (Å²) >= 11 is 0. The summed E-state index contributed by atoms with van der Waals surface area (Å²) < 4.78 is 54.0. The Balaban J connectivity index is 2.07. The van der Waals surface area contributed by atoms with Crippen LogP contribution in [0.5, 0.6) is 0 Å². The number of hydrogen-bond acceptors (Lipinski definition) is 3. The molecule has 1 saturated carbocycles. The predicted octanol–water partition coefficient (Wildman–Crippen LogP) is 1.80. The van der Waals surface area contributed by atoms with Crippen LogP contribution < -0.4 is 5.32 Å². The first-order valence-corrected chi connectivity index (χ1v) is 6.08. The zero-order valence-electron chi connectivity index (χ0n) is 10.0. The van der Waals surface area contributed by atoms with Crippen molar-refractivity contribution in [3.8, 4) is 0 Å². The van der Waals surface area contributed by atoms with E-state index in [4.69, 9.17) is 4.74 Å². The number of aliphatic hydroxyl groups excluding tert-OH is 1. The van der Waals surface area contributed by atoms with Crippen molar-refractivity contribution < 1.29 is 27.4 Å². The van der Waals surface area contributed by atoms with Gasteiger partial charge in [-0.15, -0.1) is 0 Å². The fourth-order valence-electron chi connectivity index (χ4n) is 1.84. The summed E-state index contributed by atoms with van der Waals surface area (Å²) in [5.41, 5.74) is 0. The smallest absolute Gasteiger partial charge is 0.319 e. The zero-order chi connectivity index (χ0) is 13.6. The molecule has 0 amide bonds. The van der Waals surface area contributed by atoms with Gasteiger partial charge in [0.1, 0.15) is 0 Å². The quantitative estimate of drug-likeness (QED) is 0.663. The predicted molar refractivity (Wildman–Crippen MR) is 58.0 cm³/mol. The molecule has 1 rings (SSSR count). The van der Waals surface area contributed by atoms with Crippen LogP contribution in [-0.2, 0) is 4.74 Å². The highest BCUT2D eigenvalue weighted by Crippen LogP contribution is 2.22. The molecule has 0 aliphatic heterocycles. The normalized spacial score (nSPS) is 19.7. The van der Waals surface area contributed by atoms with Crippen molar-refractivity contribution in [3.63, 3.8) is 0 Å². The molecule has 0 aromatic rings. The molecule has 0 heterocycles. The van der Waals surface area contributed by atoms with Crippen LogP contribution in [0, 0.1) is 0 Å². The minimum atomic E-state index is -4.06. The topological polar surface area (TPSA) is 41.5 Å². The summed E-state index contributed by atoms with van der Waals surface area (Å²) in [6.07, 6.45) is -0.440. The first-order chi connectivity index (χ1) is 8.42. The van der Waals surface area contributed by atoms with E-state index in [0.717, 1.165) is 25.7 Å². The third kappa shape index (κ3) is 5.49. The summed E-state index contributed by atoms with van der Waals surface area (Å²) in [5.74, 6) is -4.06. The Labute approximate surface area is 104 Å². The van der Waals surface area contributed by atoms with Gasteiger partial charge in [-0.2, -0.15) is 8.78 Å². The molecule has 0 bridgehead atoms. The van der Waals surface area contributed by atoms with Gasteiger partial charge >= 0.3 is 12.3 Å². The molecule has 0 aromatic heterocycles. The SMILES string of the molecule is OC(CNCC(F)(F)C(F)F)COC1CCCC1. The van der Waals surface area contributed by atoms with Gasteiger partial charge in [0.05, 0.1) is 25.4 Å². The van der Waals surface area contributed by atoms with Crippen LogP contribution in [-0.4, -0.2) is 49.4 Å². The van der Waals surface area contributed by atoms with Crippen molar-refractivity contribution >= 4 is 0 Å². The molecule has 1 unspecified atom stereocenters. The van der Waals surface area contributed by atoms with E-state index in [1.807, 2.05) is 0 Å². The van der Waals surface area contributed by atoms with Crippen LogP contribution in [0.4, 0.5) is 17.6 Å². The number of hydrogen-bond donors (Lipinski definition) is 2. The first-order valence-electron chi connectivity index (χ1n) is 6.08. The molecular weight excluding hydrogens is 254 g/mol. The summed E-state index contributed by atoms with van der Waals surface area (Å²) in [6.45, 7) is -1.29. The molecule has 0 spiro atoms. The lowest BCUT2D eigenvalue weighted by molar-refractivity contribution is -0.126. The highest BCUT2D eigenvalue weighted by molar-refractivity contribution is 4.74. The van der Waals surface area contributed by atoms with Gasteiger partial charge in [-0.3, -0.25) is 0 Å². The van der Waals surface area contributed by atoms with E-state index < -0.39 is 25.0 Å². The van der Waals surface area contributed by atoms with Gasteiger partial charge in [-0.25, -0.2) is 8.78 Å². The van der Waals surface area contributed by atoms with Crippen molar-refractivity contribution in [3.05, 3.63) is 0 Å². The largest absolute Gasteiger partial charge is 0.389 e. The van der Waals surface area contributed by atoms with Crippen molar-refractivity contribution in [2.75, 3.05) is 19.7 Å². The van der Waals surface area contributed by atoms with Crippen molar-refractivity contribution in [2.24, 2.45) is 0 Å². The van der Waals surface area contributed by atoms with Gasteiger partial charge in [0.25, 0.3) is 0 Å². The summed E-state index contributed by atoms with van der Waals surface area (Å²) in [6, 6.07) is 0. The molecule has 1 aliphatic carbocycles. The molecule has 3 nitrogen and oxygen atoms in total. The van der Waals surface area contributed by atoms with Gasteiger partial charge in [-0.1, -0.05) is 12.8 Å². The number of alkyl halides is 4. The van der Waals surface area contributed by atoms with Gasteiger partial charge in [0, 0.05) is 6.54 Å². The average molecular weight is 273 g/mol. The van der Waals surface area contributed by atoms with E-state index in [-0.39, 0.29) is 19.3 Å². The van der Waals surface area contributed by atoms with Crippen LogP contribution in [0.3, 0.4) is 0 Å². The standard InChI is InChI=1S/C11H19F4NO2/c12-10(13)11(14,15)7-16-5-8(17)6-18-9-3-1-2-4-9/h8-10,16-17H,1-7H2. The van der Waals surface area contributed by atoms with Crippen LogP contribution >= 0.6 is 0 Å². The Hall–Kier alpha value is -0.400. The third-order valence-corrected chi connectivity index (χ3v) is 2.89. The molecule has 0 radical (unpaired) electrons. The van der Waals surface area contributed by atoms with Crippen LogP contribution in [0.1, 0.15) is 25.7 Å². The third-order valence-electron chi connectivity index (χ3n) is 2.89. The molecule has 2 N–H and O–H groups in total. The highest BCUT2D eigenvalue weighted by atomic mass is 19.3. The number of ether oxygens (including phenoxy) is 1. The fraction of sp³-hybridized carbons (Fsp3) is 1.00. The lowest BCUT2D eigenvalue weighted by Gasteiger charge is -2.19. The van der Waals surface area contributed by atoms with Crippen LogP contribution in [0.25, 0.3) is 0 Å². The molecule has 18 heavy (non-hydrogen) atoms. The molecular formula is C11H19F4NO2. The maximum absolute atomic E-state index is 12.5. The van der Waals surface area contributed by atoms with E-state index in [1.54, 1.807) is 0 Å². The number of aliphatic hydroxyl groups is 1. The summed E-state index contributed by atoms with van der Waals surface area (Å²) in [5, 5.41) is 11.5. The van der Waals surface area contributed by atoms with Gasteiger partial charge in [-0.05, 0) is 12.8 Å². The molecule has 1 atom stereocenters. The van der Waals surface area contributed by atoms with E-state index in [2.05, 4.69) is 5.32 Å². The number of halogens is 4. The van der Waals surface area contributed by atoms with Gasteiger partial charge in [0.2, 0.25) is 0 Å². The second-order valence-corrected chi connectivity index (χ2v) is 4.59. The number of nitrogens with one attached hydrogen (secondary N) is 1. The maximum Gasteiger partial charge on any atom is 0.319 e. The average Bonchev–Trinajstić information content (AvgIpc) is 2.78. The van der Waals surface area contributed by atoms with Crippen LogP contribution in [0.15, 0.2) is 0 Å². The Morgan fingerprint density at radius 3 is 2.44 bits per heavy atom. The molecule has 1 fully saturated rings. The second-order valence-electron chi connectivity index (χ2n) is 4.59.